The SMILES string of the molecule is C=CC[C@@H](c1cc(OC)c(Br)cc1OC)N1CCNCC1.Cl.Cl. The van der Waals surface area contributed by atoms with Gasteiger partial charge in [0.05, 0.1) is 18.7 Å². The van der Waals surface area contributed by atoms with Crippen LogP contribution in [0.2, 0.25) is 0 Å². The normalized spacial score (nSPS) is 15.8. The van der Waals surface area contributed by atoms with Gasteiger partial charge in [-0.1, -0.05) is 6.08 Å². The maximum absolute atomic E-state index is 5.58. The molecule has 0 radical (unpaired) electrons. The summed E-state index contributed by atoms with van der Waals surface area (Å²) in [6.07, 6.45) is 2.86. The minimum absolute atomic E-state index is 0. The van der Waals surface area contributed by atoms with Gasteiger partial charge in [0.15, 0.2) is 0 Å². The number of rotatable bonds is 6. The summed E-state index contributed by atoms with van der Waals surface area (Å²) in [5, 5.41) is 3.39. The Hall–Kier alpha value is -0.460. The van der Waals surface area contributed by atoms with Crippen LogP contribution in [-0.2, 0) is 0 Å². The van der Waals surface area contributed by atoms with E-state index < -0.39 is 0 Å². The quantitative estimate of drug-likeness (QED) is 0.699. The molecule has 1 N–H and O–H groups in total. The average molecular weight is 428 g/mol. The van der Waals surface area contributed by atoms with Gasteiger partial charge in [-0.2, -0.15) is 0 Å². The molecular formula is C16H25BrCl2N2O2. The standard InChI is InChI=1S/C16H23BrN2O2.2ClH/c1-4-5-14(19-8-6-18-7-9-19)12-10-16(21-3)13(17)11-15(12)20-2;;/h4,10-11,14,18H,1,5-9H2,2-3H3;2*1H/t14-;;/m0../s1. The lowest BCUT2D eigenvalue weighted by Gasteiger charge is -2.35. The molecule has 1 fully saturated rings. The van der Waals surface area contributed by atoms with Crippen molar-refractivity contribution in [3.05, 3.63) is 34.8 Å². The summed E-state index contributed by atoms with van der Waals surface area (Å²) in [6, 6.07) is 4.31. The Morgan fingerprint density at radius 3 is 2.35 bits per heavy atom. The Kier molecular flexibility index (Phi) is 10.9. The molecule has 1 saturated heterocycles. The molecule has 1 atom stereocenters. The first-order valence-electron chi connectivity index (χ1n) is 7.18. The zero-order valence-electron chi connectivity index (χ0n) is 13.5. The Labute approximate surface area is 159 Å². The Balaban J connectivity index is 0.00000242. The number of piperazine rings is 1. The van der Waals surface area contributed by atoms with Crippen LogP contribution in [0.3, 0.4) is 0 Å². The van der Waals surface area contributed by atoms with Crippen molar-refractivity contribution in [1.29, 1.82) is 0 Å². The lowest BCUT2D eigenvalue weighted by atomic mass is 9.99. The molecular weight excluding hydrogens is 403 g/mol. The van der Waals surface area contributed by atoms with E-state index >= 15 is 0 Å². The summed E-state index contributed by atoms with van der Waals surface area (Å²) in [5.41, 5.74) is 1.15. The Bertz CT molecular complexity index is 497. The maximum Gasteiger partial charge on any atom is 0.133 e. The number of methoxy groups -OCH3 is 2. The molecule has 1 aromatic rings. The number of hydrogen-bond donors (Lipinski definition) is 1. The number of nitrogens with zero attached hydrogens (tertiary/aromatic N) is 1. The van der Waals surface area contributed by atoms with Crippen LogP contribution >= 0.6 is 40.7 Å². The van der Waals surface area contributed by atoms with Gasteiger partial charge in [-0.05, 0) is 34.5 Å². The van der Waals surface area contributed by atoms with Crippen molar-refractivity contribution in [2.24, 2.45) is 0 Å². The predicted octanol–water partition coefficient (Wildman–Crippen LogP) is 3.83. The first-order valence-corrected chi connectivity index (χ1v) is 7.97. The lowest BCUT2D eigenvalue weighted by molar-refractivity contribution is 0.171. The van der Waals surface area contributed by atoms with Crippen molar-refractivity contribution in [1.82, 2.24) is 10.2 Å². The van der Waals surface area contributed by atoms with E-state index in [4.69, 9.17) is 9.47 Å². The van der Waals surface area contributed by atoms with Gasteiger partial charge in [0, 0.05) is 37.8 Å². The zero-order chi connectivity index (χ0) is 15.2. The van der Waals surface area contributed by atoms with Crippen molar-refractivity contribution in [2.45, 2.75) is 12.5 Å². The van der Waals surface area contributed by atoms with Crippen molar-refractivity contribution >= 4 is 40.7 Å². The molecule has 1 aliphatic heterocycles. The summed E-state index contributed by atoms with van der Waals surface area (Å²) in [4.78, 5) is 2.48. The van der Waals surface area contributed by atoms with Crippen LogP contribution in [-0.4, -0.2) is 45.3 Å². The van der Waals surface area contributed by atoms with E-state index in [1.807, 2.05) is 12.1 Å². The monoisotopic (exact) mass is 426 g/mol. The van der Waals surface area contributed by atoms with Gasteiger partial charge in [0.2, 0.25) is 0 Å². The van der Waals surface area contributed by atoms with Crippen LogP contribution in [0, 0.1) is 0 Å². The number of ether oxygens (including phenoxy) is 2. The second-order valence-electron chi connectivity index (χ2n) is 5.05. The van der Waals surface area contributed by atoms with E-state index in [9.17, 15) is 0 Å². The number of hydrogen-bond acceptors (Lipinski definition) is 4. The predicted molar refractivity (Wildman–Crippen MR) is 104 cm³/mol. The molecule has 132 valence electrons. The van der Waals surface area contributed by atoms with Gasteiger partial charge >= 0.3 is 0 Å². The van der Waals surface area contributed by atoms with Gasteiger partial charge in [-0.15, -0.1) is 31.4 Å². The lowest BCUT2D eigenvalue weighted by Crippen LogP contribution is -2.45. The number of benzene rings is 1. The molecule has 0 aliphatic carbocycles. The zero-order valence-corrected chi connectivity index (χ0v) is 16.7. The fourth-order valence-electron chi connectivity index (χ4n) is 2.77. The van der Waals surface area contributed by atoms with Gasteiger partial charge in [-0.25, -0.2) is 0 Å². The summed E-state index contributed by atoms with van der Waals surface area (Å²) in [6.45, 7) is 8.00. The van der Waals surface area contributed by atoms with E-state index in [0.29, 0.717) is 0 Å². The molecule has 0 aromatic heterocycles. The van der Waals surface area contributed by atoms with E-state index in [1.54, 1.807) is 14.2 Å². The molecule has 0 unspecified atom stereocenters. The number of halogens is 3. The highest BCUT2D eigenvalue weighted by Crippen LogP contribution is 2.39. The van der Waals surface area contributed by atoms with Crippen molar-refractivity contribution in [2.75, 3.05) is 40.4 Å². The molecule has 2 rings (SSSR count). The van der Waals surface area contributed by atoms with Crippen LogP contribution in [0.4, 0.5) is 0 Å². The fourth-order valence-corrected chi connectivity index (χ4v) is 3.25. The Morgan fingerprint density at radius 2 is 1.83 bits per heavy atom. The minimum Gasteiger partial charge on any atom is -0.496 e. The molecule has 7 heteroatoms. The molecule has 23 heavy (non-hydrogen) atoms. The highest BCUT2D eigenvalue weighted by atomic mass is 79.9. The van der Waals surface area contributed by atoms with Gasteiger partial charge < -0.3 is 14.8 Å². The molecule has 4 nitrogen and oxygen atoms in total. The van der Waals surface area contributed by atoms with Crippen molar-refractivity contribution in [3.8, 4) is 11.5 Å². The molecule has 1 heterocycles. The summed E-state index contributed by atoms with van der Waals surface area (Å²) in [5.74, 6) is 1.71. The number of nitrogens with one attached hydrogen (secondary N) is 1. The minimum atomic E-state index is 0. The molecule has 0 amide bonds. The highest BCUT2D eigenvalue weighted by molar-refractivity contribution is 9.10. The van der Waals surface area contributed by atoms with E-state index in [0.717, 1.165) is 54.1 Å². The summed E-state index contributed by atoms with van der Waals surface area (Å²) in [7, 11) is 3.39. The Morgan fingerprint density at radius 1 is 1.22 bits per heavy atom. The third-order valence-electron chi connectivity index (χ3n) is 3.85. The molecule has 0 spiro atoms. The van der Waals surface area contributed by atoms with Crippen molar-refractivity contribution in [3.63, 3.8) is 0 Å². The second kappa shape index (κ2) is 11.2. The van der Waals surface area contributed by atoms with E-state index in [2.05, 4.69) is 38.8 Å². The van der Waals surface area contributed by atoms with Gasteiger partial charge in [-0.3, -0.25) is 4.90 Å². The van der Waals surface area contributed by atoms with Crippen molar-refractivity contribution < 1.29 is 9.47 Å². The van der Waals surface area contributed by atoms with Gasteiger partial charge in [0.1, 0.15) is 11.5 Å². The van der Waals surface area contributed by atoms with E-state index in [-0.39, 0.29) is 30.9 Å². The molecule has 1 aromatic carbocycles. The fraction of sp³-hybridized carbons (Fsp3) is 0.500. The van der Waals surface area contributed by atoms with Crippen LogP contribution in [0.5, 0.6) is 11.5 Å². The first-order chi connectivity index (χ1) is 10.2. The van der Waals surface area contributed by atoms with Crippen LogP contribution < -0.4 is 14.8 Å². The topological polar surface area (TPSA) is 33.7 Å². The molecule has 1 aliphatic rings. The molecule has 0 bridgehead atoms. The maximum atomic E-state index is 5.58. The largest absolute Gasteiger partial charge is 0.496 e. The third kappa shape index (κ3) is 5.54. The van der Waals surface area contributed by atoms with Gasteiger partial charge in [0.25, 0.3) is 0 Å². The van der Waals surface area contributed by atoms with Crippen LogP contribution in [0.25, 0.3) is 0 Å². The van der Waals surface area contributed by atoms with Crippen LogP contribution in [0.1, 0.15) is 18.0 Å². The molecule has 0 saturated carbocycles. The summed E-state index contributed by atoms with van der Waals surface area (Å²) >= 11 is 3.52. The second-order valence-corrected chi connectivity index (χ2v) is 5.91. The van der Waals surface area contributed by atoms with E-state index in [1.165, 1.54) is 0 Å². The smallest absolute Gasteiger partial charge is 0.133 e. The van der Waals surface area contributed by atoms with Crippen LogP contribution in [0.15, 0.2) is 29.3 Å². The third-order valence-corrected chi connectivity index (χ3v) is 4.47. The summed E-state index contributed by atoms with van der Waals surface area (Å²) < 4.78 is 11.9. The highest BCUT2D eigenvalue weighted by Gasteiger charge is 2.25. The first kappa shape index (κ1) is 22.5. The average Bonchev–Trinajstić information content (AvgIpc) is 2.53.